The molecule has 10 nitrogen and oxygen atoms in total. The molecule has 0 amide bonds. The van der Waals surface area contributed by atoms with E-state index in [1.54, 1.807) is 7.11 Å². The molecule has 2 aromatic carbocycles. The van der Waals surface area contributed by atoms with Crippen LogP contribution in [0.5, 0.6) is 6.01 Å². The van der Waals surface area contributed by atoms with Crippen molar-refractivity contribution in [2.24, 2.45) is 0 Å². The van der Waals surface area contributed by atoms with Crippen LogP contribution >= 0.6 is 0 Å². The molecule has 37 heavy (non-hydrogen) atoms. The summed E-state index contributed by atoms with van der Waals surface area (Å²) in [4.78, 5) is 26.4. The second-order valence-corrected chi connectivity index (χ2v) is 9.11. The highest BCUT2D eigenvalue weighted by Crippen LogP contribution is 2.25. The van der Waals surface area contributed by atoms with Gasteiger partial charge in [0.05, 0.1) is 24.8 Å². The molecule has 190 valence electrons. The Bertz CT molecular complexity index is 1500. The van der Waals surface area contributed by atoms with Crippen LogP contribution in [0, 0.1) is 11.3 Å². The summed E-state index contributed by atoms with van der Waals surface area (Å²) in [5.74, 6) is 0.109. The van der Waals surface area contributed by atoms with Gasteiger partial charge in [0.1, 0.15) is 12.1 Å². The lowest BCUT2D eigenvalue weighted by atomic mass is 9.98. The summed E-state index contributed by atoms with van der Waals surface area (Å²) in [6.45, 7) is 4.04. The predicted octanol–water partition coefficient (Wildman–Crippen LogP) is 2.91. The molecule has 2 aromatic heterocycles. The first-order valence-corrected chi connectivity index (χ1v) is 12.3. The Morgan fingerprint density at radius 1 is 1.05 bits per heavy atom. The predicted molar refractivity (Wildman–Crippen MR) is 140 cm³/mol. The van der Waals surface area contributed by atoms with E-state index in [0.717, 1.165) is 30.8 Å². The average Bonchev–Trinajstić information content (AvgIpc) is 3.53. The van der Waals surface area contributed by atoms with Crippen LogP contribution in [0.1, 0.15) is 29.5 Å². The number of nitrogens with zero attached hydrogens (tertiary/aromatic N) is 5. The highest BCUT2D eigenvalue weighted by Gasteiger charge is 2.17. The molecule has 0 saturated carbocycles. The molecule has 0 radical (unpaired) electrons. The number of benzene rings is 2. The Hall–Kier alpha value is -4.20. The normalized spacial score (nSPS) is 13.7. The van der Waals surface area contributed by atoms with E-state index in [-0.39, 0.29) is 25.0 Å². The highest BCUT2D eigenvalue weighted by molar-refractivity contribution is 5.82. The number of likely N-dealkylation sites (tertiary alicyclic amines) is 1. The van der Waals surface area contributed by atoms with Crippen LogP contribution in [-0.2, 0) is 17.8 Å². The largest absolute Gasteiger partial charge is 0.461 e. The highest BCUT2D eigenvalue weighted by atomic mass is 16.5. The molecule has 1 fully saturated rings. The van der Waals surface area contributed by atoms with Gasteiger partial charge < -0.3 is 20.2 Å². The lowest BCUT2D eigenvalue weighted by Gasteiger charge is -2.15. The molecule has 0 spiro atoms. The molecule has 3 N–H and O–H groups in total. The van der Waals surface area contributed by atoms with E-state index < -0.39 is 5.69 Å². The van der Waals surface area contributed by atoms with Crippen molar-refractivity contribution >= 4 is 17.0 Å². The lowest BCUT2D eigenvalue weighted by molar-refractivity contribution is 0.141. The van der Waals surface area contributed by atoms with Gasteiger partial charge in [0.25, 0.3) is 0 Å². The van der Waals surface area contributed by atoms with Crippen molar-refractivity contribution in [2.75, 3.05) is 39.1 Å². The van der Waals surface area contributed by atoms with Gasteiger partial charge in [-0.25, -0.2) is 4.79 Å². The van der Waals surface area contributed by atoms with Crippen molar-refractivity contribution < 1.29 is 9.47 Å². The average molecular weight is 500 g/mol. The summed E-state index contributed by atoms with van der Waals surface area (Å²) in [7, 11) is 1.56. The minimum atomic E-state index is -0.397. The molecule has 0 atom stereocenters. The number of rotatable bonds is 9. The maximum Gasteiger partial charge on any atom is 0.328 e. The number of hydrogen-bond acceptors (Lipinski definition) is 8. The Morgan fingerprint density at radius 2 is 1.81 bits per heavy atom. The molecule has 0 unspecified atom stereocenters. The number of aromatic amines is 1. The second kappa shape index (κ2) is 10.8. The number of ether oxygens (including phenoxy) is 2. The fraction of sp³-hybridized carbons (Fsp3) is 0.333. The molecule has 10 heteroatoms. The third-order valence-corrected chi connectivity index (χ3v) is 6.60. The van der Waals surface area contributed by atoms with E-state index in [0.29, 0.717) is 28.9 Å². The molecular formula is C27H29N7O3. The van der Waals surface area contributed by atoms with Crippen molar-refractivity contribution in [1.29, 1.82) is 5.26 Å². The molecule has 3 heterocycles. The Kier molecular flexibility index (Phi) is 7.16. The summed E-state index contributed by atoms with van der Waals surface area (Å²) in [5, 5.41) is 9.88. The fourth-order valence-corrected chi connectivity index (χ4v) is 4.63. The van der Waals surface area contributed by atoms with Gasteiger partial charge in [-0.3, -0.25) is 9.47 Å². The molecule has 1 saturated heterocycles. The van der Waals surface area contributed by atoms with Crippen LogP contribution in [-0.4, -0.2) is 57.8 Å². The van der Waals surface area contributed by atoms with Gasteiger partial charge in [0.2, 0.25) is 0 Å². The quantitative estimate of drug-likeness (QED) is 0.336. The third kappa shape index (κ3) is 5.33. The number of hydrogen-bond donors (Lipinski definition) is 2. The van der Waals surface area contributed by atoms with Crippen molar-refractivity contribution in [3.8, 4) is 23.2 Å². The summed E-state index contributed by atoms with van der Waals surface area (Å²) in [5.41, 5.74) is 10.7. The van der Waals surface area contributed by atoms with Gasteiger partial charge in [-0.15, -0.1) is 0 Å². The molecule has 5 rings (SSSR count). The van der Waals surface area contributed by atoms with Crippen LogP contribution in [0.2, 0.25) is 0 Å². The van der Waals surface area contributed by atoms with Gasteiger partial charge in [-0.2, -0.15) is 15.2 Å². The number of nitrogens with one attached hydrogen (secondary N) is 1. The van der Waals surface area contributed by atoms with Crippen LogP contribution in [0.4, 0.5) is 5.82 Å². The molecule has 1 aliphatic heterocycles. The summed E-state index contributed by atoms with van der Waals surface area (Å²) < 4.78 is 11.9. The lowest BCUT2D eigenvalue weighted by Crippen LogP contribution is -2.18. The van der Waals surface area contributed by atoms with Gasteiger partial charge in [0, 0.05) is 13.7 Å². The van der Waals surface area contributed by atoms with Crippen LogP contribution in [0.3, 0.4) is 0 Å². The number of fused-ring (bicyclic) bond motifs is 1. The number of H-pyrrole nitrogens is 1. The zero-order valence-electron chi connectivity index (χ0n) is 20.7. The van der Waals surface area contributed by atoms with E-state index in [1.807, 2.05) is 18.2 Å². The molecule has 0 aliphatic carbocycles. The van der Waals surface area contributed by atoms with Crippen molar-refractivity contribution in [3.63, 3.8) is 0 Å². The zero-order chi connectivity index (χ0) is 25.8. The van der Waals surface area contributed by atoms with Crippen molar-refractivity contribution in [3.05, 3.63) is 69.6 Å². The van der Waals surface area contributed by atoms with E-state index in [1.165, 1.54) is 23.0 Å². The topological polar surface area (TPSA) is 135 Å². The van der Waals surface area contributed by atoms with Crippen LogP contribution < -0.4 is 16.2 Å². The van der Waals surface area contributed by atoms with E-state index in [9.17, 15) is 10.1 Å². The van der Waals surface area contributed by atoms with Crippen LogP contribution in [0.25, 0.3) is 22.3 Å². The number of nitrogens with two attached hydrogens (primary N) is 1. The molecule has 0 bridgehead atoms. The maximum absolute atomic E-state index is 12.7. The van der Waals surface area contributed by atoms with Crippen molar-refractivity contribution in [1.82, 2.24) is 24.4 Å². The van der Waals surface area contributed by atoms with E-state index >= 15 is 0 Å². The Labute approximate surface area is 214 Å². The summed E-state index contributed by atoms with van der Waals surface area (Å²) in [6, 6.07) is 16.5. The first-order chi connectivity index (χ1) is 18.1. The number of imidazole rings is 1. The third-order valence-electron chi connectivity index (χ3n) is 6.60. The monoisotopic (exact) mass is 499 g/mol. The number of anilines is 1. The number of aromatic nitrogens is 4. The van der Waals surface area contributed by atoms with Gasteiger partial charge >= 0.3 is 11.7 Å². The Balaban J connectivity index is 1.40. The van der Waals surface area contributed by atoms with Crippen molar-refractivity contribution in [2.45, 2.75) is 25.9 Å². The summed E-state index contributed by atoms with van der Waals surface area (Å²) >= 11 is 0. The molecular weight excluding hydrogens is 470 g/mol. The van der Waals surface area contributed by atoms with E-state index in [2.05, 4.69) is 50.2 Å². The maximum atomic E-state index is 12.7. The standard InChI is InChI=1S/C27H29N7O3/c1-36-12-13-37-26-31-24(29)23-25(32-26)34(27(35)30-23)17-21-9-8-20(14-22(21)15-28)19-6-4-18(5-7-19)16-33-10-2-3-11-33/h4-9,14H,2-3,10-13,16-17H2,1H3,(H,30,35)(H2,29,31,32). The minimum Gasteiger partial charge on any atom is -0.461 e. The minimum absolute atomic E-state index is 0.0545. The Morgan fingerprint density at radius 3 is 2.54 bits per heavy atom. The van der Waals surface area contributed by atoms with Gasteiger partial charge in [-0.1, -0.05) is 36.4 Å². The molecule has 4 aromatic rings. The van der Waals surface area contributed by atoms with Gasteiger partial charge in [-0.05, 0) is 54.3 Å². The fourth-order valence-electron chi connectivity index (χ4n) is 4.63. The second-order valence-electron chi connectivity index (χ2n) is 9.11. The van der Waals surface area contributed by atoms with Crippen LogP contribution in [0.15, 0.2) is 47.3 Å². The summed E-state index contributed by atoms with van der Waals surface area (Å²) in [6.07, 6.45) is 2.55. The van der Waals surface area contributed by atoms with E-state index in [4.69, 9.17) is 15.2 Å². The number of nitrogen functional groups attached to an aromatic ring is 1. The smallest absolute Gasteiger partial charge is 0.328 e. The number of methoxy groups -OCH3 is 1. The molecule has 1 aliphatic rings. The number of nitriles is 1. The zero-order valence-corrected chi connectivity index (χ0v) is 20.7. The van der Waals surface area contributed by atoms with Gasteiger partial charge in [0.15, 0.2) is 11.5 Å². The first-order valence-electron chi connectivity index (χ1n) is 12.3. The SMILES string of the molecule is COCCOc1nc(N)c2[nH]c(=O)n(Cc3ccc(-c4ccc(CN5CCCC5)cc4)cc3C#N)c2n1. The first kappa shape index (κ1) is 24.5.